The summed E-state index contributed by atoms with van der Waals surface area (Å²) >= 11 is 0. The molecule has 0 radical (unpaired) electrons. The predicted molar refractivity (Wildman–Crippen MR) is 160 cm³/mol. The van der Waals surface area contributed by atoms with E-state index >= 15 is 0 Å². The highest BCUT2D eigenvalue weighted by Crippen LogP contribution is 2.40. The number of carbonyl (C=O) groups excluding carboxylic acids is 1. The van der Waals surface area contributed by atoms with Gasteiger partial charge in [-0.25, -0.2) is 14.4 Å². The highest BCUT2D eigenvalue weighted by molar-refractivity contribution is 6.03. The number of nitrogen functional groups attached to an aromatic ring is 1. The number of anilines is 1. The van der Waals surface area contributed by atoms with Crippen molar-refractivity contribution in [1.29, 1.82) is 5.26 Å². The molecule has 6 rings (SSSR count). The zero-order chi connectivity index (χ0) is 29.9. The number of nitrogens with zero attached hydrogens (tertiary/aromatic N) is 6. The third-order valence-electron chi connectivity index (χ3n) is 8.12. The number of benzene rings is 2. The summed E-state index contributed by atoms with van der Waals surface area (Å²) in [6.45, 7) is 3.18. The summed E-state index contributed by atoms with van der Waals surface area (Å²) in [5.74, 6) is 0.714. The van der Waals surface area contributed by atoms with E-state index in [1.165, 1.54) is 18.5 Å². The molecule has 2 saturated heterocycles. The topological polar surface area (TPSA) is 123 Å². The van der Waals surface area contributed by atoms with Gasteiger partial charge in [0, 0.05) is 50.0 Å². The Kier molecular flexibility index (Phi) is 8.05. The Morgan fingerprint density at radius 3 is 2.81 bits per heavy atom. The molecule has 2 aromatic carbocycles. The minimum atomic E-state index is -0.387. The fourth-order valence-corrected chi connectivity index (χ4v) is 5.86. The van der Waals surface area contributed by atoms with Gasteiger partial charge in [0.2, 0.25) is 5.91 Å². The number of nitriles is 1. The Morgan fingerprint density at radius 1 is 1.23 bits per heavy atom. The molecule has 2 aromatic heterocycles. The lowest BCUT2D eigenvalue weighted by molar-refractivity contribution is -0.125. The maximum Gasteiger partial charge on any atom is 0.246 e. The van der Waals surface area contributed by atoms with Gasteiger partial charge in [-0.3, -0.25) is 9.69 Å². The Morgan fingerprint density at radius 2 is 2.07 bits per heavy atom. The Hall–Kier alpha value is -4.79. The van der Waals surface area contributed by atoms with Crippen molar-refractivity contribution >= 4 is 22.8 Å². The second-order valence-corrected chi connectivity index (χ2v) is 10.8. The van der Waals surface area contributed by atoms with Crippen LogP contribution in [-0.4, -0.2) is 76.2 Å². The number of nitrogens with two attached hydrogens (primary N) is 1. The average Bonchev–Trinajstić information content (AvgIpc) is 3.77. The van der Waals surface area contributed by atoms with Gasteiger partial charge in [-0.2, -0.15) is 5.26 Å². The van der Waals surface area contributed by atoms with Crippen LogP contribution >= 0.6 is 0 Å². The van der Waals surface area contributed by atoms with E-state index < -0.39 is 0 Å². The summed E-state index contributed by atoms with van der Waals surface area (Å²) in [7, 11) is 2.04. The van der Waals surface area contributed by atoms with Crippen LogP contribution in [0.3, 0.4) is 0 Å². The molecule has 0 saturated carbocycles. The van der Waals surface area contributed by atoms with Gasteiger partial charge in [0.15, 0.2) is 0 Å². The number of likely N-dealkylation sites (tertiary alicyclic amines) is 1. The van der Waals surface area contributed by atoms with E-state index in [2.05, 4.69) is 20.9 Å². The molecular formula is C32H32FN7O3. The molecule has 2 aliphatic heterocycles. The largest absolute Gasteiger partial charge is 0.457 e. The number of carbonyl (C=O) groups is 1. The highest BCUT2D eigenvalue weighted by atomic mass is 19.1. The summed E-state index contributed by atoms with van der Waals surface area (Å²) in [6, 6.07) is 15.7. The molecule has 4 aromatic rings. The minimum absolute atomic E-state index is 0.0585. The number of hydrogen-bond donors (Lipinski definition) is 1. The number of rotatable bonds is 8. The van der Waals surface area contributed by atoms with Crippen LogP contribution in [0, 0.1) is 17.1 Å². The number of halogens is 1. The molecule has 1 amide bonds. The van der Waals surface area contributed by atoms with Crippen molar-refractivity contribution < 1.29 is 18.7 Å². The second-order valence-electron chi connectivity index (χ2n) is 10.8. The second kappa shape index (κ2) is 12.2. The summed E-state index contributed by atoms with van der Waals surface area (Å²) in [6.07, 6.45) is 6.59. The molecule has 220 valence electrons. The molecule has 0 unspecified atom stereocenters. The molecule has 4 heterocycles. The van der Waals surface area contributed by atoms with Crippen molar-refractivity contribution in [2.75, 3.05) is 45.6 Å². The normalized spacial score (nSPS) is 18.6. The number of likely N-dealkylation sites (N-methyl/N-ethyl adjacent to an activating group) is 1. The minimum Gasteiger partial charge on any atom is -0.457 e. The monoisotopic (exact) mass is 581 g/mol. The van der Waals surface area contributed by atoms with E-state index in [0.717, 1.165) is 25.2 Å². The third kappa shape index (κ3) is 5.80. The van der Waals surface area contributed by atoms with Gasteiger partial charge in [0.25, 0.3) is 0 Å². The number of aromatic nitrogens is 3. The zero-order valence-electron chi connectivity index (χ0n) is 23.8. The van der Waals surface area contributed by atoms with Crippen LogP contribution in [0.25, 0.3) is 22.2 Å². The Bertz CT molecular complexity index is 1710. The maximum atomic E-state index is 13.6. The first-order valence-electron chi connectivity index (χ1n) is 14.2. The maximum absolute atomic E-state index is 13.6. The number of hydrogen-bond acceptors (Lipinski definition) is 8. The lowest BCUT2D eigenvalue weighted by Crippen LogP contribution is -2.32. The first-order chi connectivity index (χ1) is 20.9. The van der Waals surface area contributed by atoms with Crippen molar-refractivity contribution in [1.82, 2.24) is 24.3 Å². The molecule has 0 aliphatic carbocycles. The molecule has 0 bridgehead atoms. The summed E-state index contributed by atoms with van der Waals surface area (Å²) < 4.78 is 26.7. The SMILES string of the molecule is CN(C/C=C/C(=O)N1CC[C@@H](n2c(C#N)c(-c3ccc(Oc4cccc(F)c4)cc3)c3c(N)ncnc32)C1)[C@@H]1CCOC1. The number of amides is 1. The zero-order valence-corrected chi connectivity index (χ0v) is 23.8. The van der Waals surface area contributed by atoms with Crippen molar-refractivity contribution in [2.45, 2.75) is 24.9 Å². The first kappa shape index (κ1) is 28.3. The van der Waals surface area contributed by atoms with Crippen LogP contribution in [0.5, 0.6) is 11.5 Å². The Labute approximate surface area is 248 Å². The van der Waals surface area contributed by atoms with Gasteiger partial charge < -0.3 is 24.7 Å². The van der Waals surface area contributed by atoms with Crippen molar-refractivity contribution in [2.24, 2.45) is 0 Å². The van der Waals surface area contributed by atoms with Gasteiger partial charge in [-0.15, -0.1) is 0 Å². The summed E-state index contributed by atoms with van der Waals surface area (Å²) in [5, 5.41) is 11.0. The van der Waals surface area contributed by atoms with Gasteiger partial charge >= 0.3 is 0 Å². The molecule has 43 heavy (non-hydrogen) atoms. The fraction of sp³-hybridized carbons (Fsp3) is 0.312. The molecule has 10 nitrogen and oxygen atoms in total. The molecular weight excluding hydrogens is 549 g/mol. The summed E-state index contributed by atoms with van der Waals surface area (Å²) in [4.78, 5) is 25.8. The molecule has 2 N–H and O–H groups in total. The highest BCUT2D eigenvalue weighted by Gasteiger charge is 2.32. The van der Waals surface area contributed by atoms with Crippen LogP contribution < -0.4 is 10.5 Å². The van der Waals surface area contributed by atoms with Gasteiger partial charge in [-0.05, 0) is 49.7 Å². The van der Waals surface area contributed by atoms with E-state index in [4.69, 9.17) is 15.2 Å². The van der Waals surface area contributed by atoms with Crippen LogP contribution in [0.1, 0.15) is 24.6 Å². The first-order valence-corrected chi connectivity index (χ1v) is 14.2. The average molecular weight is 582 g/mol. The van der Waals surface area contributed by atoms with Crippen molar-refractivity contribution in [3.8, 4) is 28.7 Å². The van der Waals surface area contributed by atoms with Gasteiger partial charge in [-0.1, -0.05) is 24.3 Å². The molecule has 2 fully saturated rings. The molecule has 2 atom stereocenters. The number of ether oxygens (including phenoxy) is 2. The lowest BCUT2D eigenvalue weighted by Gasteiger charge is -2.21. The smallest absolute Gasteiger partial charge is 0.246 e. The van der Waals surface area contributed by atoms with Crippen molar-refractivity contribution in [3.63, 3.8) is 0 Å². The van der Waals surface area contributed by atoms with Crippen molar-refractivity contribution in [3.05, 3.63) is 78.5 Å². The molecule has 0 spiro atoms. The van der Waals surface area contributed by atoms with Gasteiger partial charge in [0.05, 0.1) is 18.0 Å². The third-order valence-corrected chi connectivity index (χ3v) is 8.12. The van der Waals surface area contributed by atoms with E-state index in [1.54, 1.807) is 35.2 Å². The van der Waals surface area contributed by atoms with Crippen LogP contribution in [0.15, 0.2) is 67.0 Å². The van der Waals surface area contributed by atoms with E-state index in [-0.39, 0.29) is 23.6 Å². The molecule has 11 heteroatoms. The summed E-state index contributed by atoms with van der Waals surface area (Å²) in [5.41, 5.74) is 8.66. The Balaban J connectivity index is 1.24. The van der Waals surface area contributed by atoms with Crippen LogP contribution in [-0.2, 0) is 9.53 Å². The predicted octanol–water partition coefficient (Wildman–Crippen LogP) is 4.53. The number of fused-ring (bicyclic) bond motifs is 1. The van der Waals surface area contributed by atoms with E-state index in [0.29, 0.717) is 65.9 Å². The fourth-order valence-electron chi connectivity index (χ4n) is 5.86. The lowest BCUT2D eigenvalue weighted by atomic mass is 10.0. The molecule has 2 aliphatic rings. The van der Waals surface area contributed by atoms with E-state index in [1.807, 2.05) is 29.8 Å². The van der Waals surface area contributed by atoms with E-state index in [9.17, 15) is 14.4 Å². The van der Waals surface area contributed by atoms with Crippen LogP contribution in [0.4, 0.5) is 10.2 Å². The quantitative estimate of drug-likeness (QED) is 0.301. The van der Waals surface area contributed by atoms with Crippen LogP contribution in [0.2, 0.25) is 0 Å². The standard InChI is InChI=1S/C32H32FN7O3/c1-38(24-12-15-42-19-24)13-3-6-28(41)39-14-11-23(18-39)40-27(17-34)29(30-31(35)36-20-37-32(30)40)21-7-9-25(10-8-21)43-26-5-2-4-22(33)16-26/h2-10,16,20,23-24H,11-15,18-19H2,1H3,(H2,35,36,37)/b6-3+/t23-,24-/m1/s1. The van der Waals surface area contributed by atoms with Gasteiger partial charge in [0.1, 0.15) is 46.9 Å².